The van der Waals surface area contributed by atoms with Crippen molar-refractivity contribution < 1.29 is 9.21 Å². The second-order valence-corrected chi connectivity index (χ2v) is 3.71. The lowest BCUT2D eigenvalue weighted by molar-refractivity contribution is 0.101. The van der Waals surface area contributed by atoms with Gasteiger partial charge in [0.25, 0.3) is 0 Å². The van der Waals surface area contributed by atoms with Crippen molar-refractivity contribution in [2.45, 2.75) is 6.92 Å². The quantitative estimate of drug-likeness (QED) is 0.785. The fourth-order valence-corrected chi connectivity index (χ4v) is 1.41. The molecular weight excluding hydrogens is 260 g/mol. The molecule has 0 atom stereocenters. The van der Waals surface area contributed by atoms with E-state index < -0.39 is 0 Å². The smallest absolute Gasteiger partial charge is 0.196 e. The van der Waals surface area contributed by atoms with Gasteiger partial charge in [0.15, 0.2) is 22.0 Å². The molecule has 0 bridgehead atoms. The first kappa shape index (κ1) is 10.0. The van der Waals surface area contributed by atoms with Crippen molar-refractivity contribution >= 4 is 21.7 Å². The molecule has 0 spiro atoms. The van der Waals surface area contributed by atoms with E-state index in [1.807, 2.05) is 0 Å². The number of carbonyl (C=O) groups is 1. The first-order chi connectivity index (χ1) is 7.16. The van der Waals surface area contributed by atoms with Crippen molar-refractivity contribution in [3.63, 3.8) is 0 Å². The number of carbonyl (C=O) groups excluding carboxylic acids is 1. The van der Waals surface area contributed by atoms with E-state index in [1.54, 1.807) is 18.2 Å². The van der Waals surface area contributed by atoms with Gasteiger partial charge in [-0.05, 0) is 34.1 Å². The first-order valence-corrected chi connectivity index (χ1v) is 5.06. The van der Waals surface area contributed by atoms with E-state index >= 15 is 0 Å². The molecule has 0 aliphatic carbocycles. The standard InChI is InChI=1S/C10H7BrN2O2/c1-6(14)7-4-5-12-10(13-7)8-2-3-9(11)15-8/h2-5H,1H3. The molecule has 0 saturated carbocycles. The predicted molar refractivity (Wildman–Crippen MR) is 57.4 cm³/mol. The van der Waals surface area contributed by atoms with Crippen molar-refractivity contribution in [2.75, 3.05) is 0 Å². The molecule has 0 N–H and O–H groups in total. The maximum absolute atomic E-state index is 11.1. The van der Waals surface area contributed by atoms with Crippen LogP contribution < -0.4 is 0 Å². The molecule has 0 amide bonds. The van der Waals surface area contributed by atoms with Gasteiger partial charge < -0.3 is 4.42 Å². The largest absolute Gasteiger partial charge is 0.446 e. The summed E-state index contributed by atoms with van der Waals surface area (Å²) >= 11 is 3.19. The topological polar surface area (TPSA) is 56.0 Å². The summed E-state index contributed by atoms with van der Waals surface area (Å²) in [6, 6.07) is 5.06. The van der Waals surface area contributed by atoms with Gasteiger partial charge in [0.1, 0.15) is 5.69 Å². The second-order valence-electron chi connectivity index (χ2n) is 2.93. The van der Waals surface area contributed by atoms with E-state index in [1.165, 1.54) is 13.1 Å². The molecule has 0 radical (unpaired) electrons. The minimum Gasteiger partial charge on any atom is -0.446 e. The maximum atomic E-state index is 11.1. The van der Waals surface area contributed by atoms with E-state index in [0.717, 1.165) is 0 Å². The molecule has 15 heavy (non-hydrogen) atoms. The normalized spacial score (nSPS) is 10.3. The zero-order valence-electron chi connectivity index (χ0n) is 7.90. The summed E-state index contributed by atoms with van der Waals surface area (Å²) < 4.78 is 5.89. The van der Waals surface area contributed by atoms with Crippen LogP contribution in [0.15, 0.2) is 33.5 Å². The maximum Gasteiger partial charge on any atom is 0.196 e. The number of aromatic nitrogens is 2. The molecule has 2 rings (SSSR count). The highest BCUT2D eigenvalue weighted by molar-refractivity contribution is 9.10. The number of hydrogen-bond acceptors (Lipinski definition) is 4. The molecule has 0 saturated heterocycles. The minimum absolute atomic E-state index is 0.0933. The molecule has 5 heteroatoms. The molecule has 76 valence electrons. The molecule has 2 aromatic rings. The van der Waals surface area contributed by atoms with Gasteiger partial charge in [-0.2, -0.15) is 0 Å². The van der Waals surface area contributed by atoms with Crippen LogP contribution >= 0.6 is 15.9 Å². The van der Waals surface area contributed by atoms with Crippen LogP contribution in [-0.4, -0.2) is 15.8 Å². The summed E-state index contributed by atoms with van der Waals surface area (Å²) in [6.07, 6.45) is 1.54. The van der Waals surface area contributed by atoms with Crippen LogP contribution in [0.4, 0.5) is 0 Å². The van der Waals surface area contributed by atoms with Gasteiger partial charge in [-0.25, -0.2) is 9.97 Å². The van der Waals surface area contributed by atoms with Gasteiger partial charge >= 0.3 is 0 Å². The average molecular weight is 267 g/mol. The molecule has 0 unspecified atom stereocenters. The summed E-state index contributed by atoms with van der Waals surface area (Å²) in [5, 5.41) is 0. The molecule has 0 aromatic carbocycles. The van der Waals surface area contributed by atoms with Gasteiger partial charge in [0.2, 0.25) is 0 Å². The van der Waals surface area contributed by atoms with Crippen LogP contribution in [0, 0.1) is 0 Å². The molecular formula is C10H7BrN2O2. The van der Waals surface area contributed by atoms with Crippen molar-refractivity contribution in [3.8, 4) is 11.6 Å². The third-order valence-corrected chi connectivity index (χ3v) is 2.24. The Bertz CT molecular complexity index is 508. The van der Waals surface area contributed by atoms with E-state index in [4.69, 9.17) is 4.42 Å². The van der Waals surface area contributed by atoms with Crippen molar-refractivity contribution in [1.82, 2.24) is 9.97 Å². The number of rotatable bonds is 2. The highest BCUT2D eigenvalue weighted by Crippen LogP contribution is 2.21. The number of hydrogen-bond donors (Lipinski definition) is 0. The molecule has 0 aliphatic rings. The number of Topliss-reactive ketones (excluding diaryl/α,β-unsaturated/α-hetero) is 1. The molecule has 4 nitrogen and oxygen atoms in total. The molecule has 2 heterocycles. The third-order valence-electron chi connectivity index (χ3n) is 1.81. The zero-order valence-corrected chi connectivity index (χ0v) is 9.48. The summed E-state index contributed by atoms with van der Waals surface area (Å²) in [4.78, 5) is 19.2. The number of furan rings is 1. The predicted octanol–water partition coefficient (Wildman–Crippen LogP) is 2.70. The van der Waals surface area contributed by atoms with E-state index in [-0.39, 0.29) is 5.78 Å². The molecule has 2 aromatic heterocycles. The van der Waals surface area contributed by atoms with Gasteiger partial charge in [0.05, 0.1) is 0 Å². The Balaban J connectivity index is 2.45. The first-order valence-electron chi connectivity index (χ1n) is 4.26. The van der Waals surface area contributed by atoms with Crippen LogP contribution in [0.25, 0.3) is 11.6 Å². The fraction of sp³-hybridized carbons (Fsp3) is 0.100. The van der Waals surface area contributed by atoms with Crippen molar-refractivity contribution in [1.29, 1.82) is 0 Å². The van der Waals surface area contributed by atoms with Crippen LogP contribution in [0.5, 0.6) is 0 Å². The van der Waals surface area contributed by atoms with Gasteiger partial charge in [-0.15, -0.1) is 0 Å². The zero-order chi connectivity index (χ0) is 10.8. The Morgan fingerprint density at radius 1 is 1.40 bits per heavy atom. The Labute approximate surface area is 94.5 Å². The van der Waals surface area contributed by atoms with E-state index in [9.17, 15) is 4.79 Å². The lowest BCUT2D eigenvalue weighted by atomic mass is 10.3. The lowest BCUT2D eigenvalue weighted by Gasteiger charge is -1.97. The van der Waals surface area contributed by atoms with E-state index in [0.29, 0.717) is 21.9 Å². The van der Waals surface area contributed by atoms with Crippen molar-refractivity contribution in [3.05, 3.63) is 34.8 Å². The van der Waals surface area contributed by atoms with E-state index in [2.05, 4.69) is 25.9 Å². The molecule has 0 aliphatic heterocycles. The fourth-order valence-electron chi connectivity index (χ4n) is 1.11. The Hall–Kier alpha value is -1.49. The monoisotopic (exact) mass is 266 g/mol. The summed E-state index contributed by atoms with van der Waals surface area (Å²) in [5.41, 5.74) is 0.382. The number of ketones is 1. The second kappa shape index (κ2) is 3.94. The lowest BCUT2D eigenvalue weighted by Crippen LogP contribution is -1.98. The van der Waals surface area contributed by atoms with Crippen LogP contribution in [0.2, 0.25) is 0 Å². The Morgan fingerprint density at radius 2 is 2.20 bits per heavy atom. The molecule has 0 fully saturated rings. The van der Waals surface area contributed by atoms with Crippen LogP contribution in [0.1, 0.15) is 17.4 Å². The highest BCUT2D eigenvalue weighted by atomic mass is 79.9. The highest BCUT2D eigenvalue weighted by Gasteiger charge is 2.08. The summed E-state index contributed by atoms with van der Waals surface area (Å²) in [5.74, 6) is 0.850. The Kier molecular flexibility index (Phi) is 2.64. The van der Waals surface area contributed by atoms with Crippen molar-refractivity contribution in [2.24, 2.45) is 0 Å². The van der Waals surface area contributed by atoms with Crippen LogP contribution in [0.3, 0.4) is 0 Å². The summed E-state index contributed by atoms with van der Waals surface area (Å²) in [7, 11) is 0. The van der Waals surface area contributed by atoms with Gasteiger partial charge in [-0.1, -0.05) is 0 Å². The minimum atomic E-state index is -0.0933. The third kappa shape index (κ3) is 2.12. The summed E-state index contributed by atoms with van der Waals surface area (Å²) in [6.45, 7) is 1.46. The average Bonchev–Trinajstić information content (AvgIpc) is 2.65. The number of nitrogens with zero attached hydrogens (tertiary/aromatic N) is 2. The Morgan fingerprint density at radius 3 is 2.80 bits per heavy atom. The van der Waals surface area contributed by atoms with Gasteiger partial charge in [0, 0.05) is 13.1 Å². The van der Waals surface area contributed by atoms with Gasteiger partial charge in [-0.3, -0.25) is 4.79 Å². The van der Waals surface area contributed by atoms with Crippen LogP contribution in [-0.2, 0) is 0 Å². The number of halogens is 1. The SMILES string of the molecule is CC(=O)c1ccnc(-c2ccc(Br)o2)n1.